The molecule has 28 heavy (non-hydrogen) atoms. The first kappa shape index (κ1) is 19.4. The highest BCUT2D eigenvalue weighted by Gasteiger charge is 2.15. The van der Waals surface area contributed by atoms with Crippen molar-refractivity contribution in [1.82, 2.24) is 5.32 Å². The molecular formula is C22H17BrN2O3. The van der Waals surface area contributed by atoms with E-state index in [0.717, 1.165) is 10.0 Å². The number of rotatable bonds is 5. The number of carbonyl (C=O) groups excluding carboxylic acids is 2. The van der Waals surface area contributed by atoms with Crippen molar-refractivity contribution < 1.29 is 14.7 Å². The van der Waals surface area contributed by atoms with Gasteiger partial charge >= 0.3 is 0 Å². The molecule has 0 aliphatic carbocycles. The van der Waals surface area contributed by atoms with Gasteiger partial charge in [0.05, 0.1) is 0 Å². The molecule has 3 aromatic rings. The van der Waals surface area contributed by atoms with E-state index in [1.807, 2.05) is 30.3 Å². The first-order valence-corrected chi connectivity index (χ1v) is 9.24. The highest BCUT2D eigenvalue weighted by atomic mass is 79.9. The lowest BCUT2D eigenvalue weighted by molar-refractivity contribution is -0.113. The van der Waals surface area contributed by atoms with Crippen LogP contribution in [-0.4, -0.2) is 16.9 Å². The topological polar surface area (TPSA) is 78.4 Å². The Morgan fingerprint density at radius 1 is 0.893 bits per heavy atom. The highest BCUT2D eigenvalue weighted by molar-refractivity contribution is 9.10. The van der Waals surface area contributed by atoms with Gasteiger partial charge in [-0.2, -0.15) is 0 Å². The predicted octanol–water partition coefficient (Wildman–Crippen LogP) is 4.56. The van der Waals surface area contributed by atoms with Gasteiger partial charge in [0.25, 0.3) is 11.8 Å². The van der Waals surface area contributed by atoms with Gasteiger partial charge in [0, 0.05) is 21.8 Å². The molecular weight excluding hydrogens is 420 g/mol. The molecule has 3 aromatic carbocycles. The molecule has 0 aliphatic heterocycles. The van der Waals surface area contributed by atoms with Crippen LogP contribution in [0.3, 0.4) is 0 Å². The first-order valence-electron chi connectivity index (χ1n) is 8.45. The molecule has 0 fully saturated rings. The summed E-state index contributed by atoms with van der Waals surface area (Å²) in [5.41, 5.74) is 1.67. The van der Waals surface area contributed by atoms with Crippen LogP contribution in [0, 0.1) is 0 Å². The molecule has 0 saturated carbocycles. The Hall–Kier alpha value is -3.38. The van der Waals surface area contributed by atoms with E-state index in [4.69, 9.17) is 0 Å². The first-order chi connectivity index (χ1) is 13.5. The number of benzene rings is 3. The van der Waals surface area contributed by atoms with E-state index in [0.29, 0.717) is 11.3 Å². The van der Waals surface area contributed by atoms with Crippen molar-refractivity contribution in [3.63, 3.8) is 0 Å². The summed E-state index contributed by atoms with van der Waals surface area (Å²) in [7, 11) is 0. The van der Waals surface area contributed by atoms with Crippen LogP contribution in [-0.2, 0) is 4.79 Å². The lowest BCUT2D eigenvalue weighted by Crippen LogP contribution is -2.30. The molecule has 6 heteroatoms. The summed E-state index contributed by atoms with van der Waals surface area (Å²) in [5, 5.41) is 14.9. The molecule has 0 heterocycles. The average Bonchev–Trinajstić information content (AvgIpc) is 2.68. The molecule has 0 unspecified atom stereocenters. The zero-order chi connectivity index (χ0) is 19.9. The quantitative estimate of drug-likeness (QED) is 0.512. The van der Waals surface area contributed by atoms with Crippen molar-refractivity contribution in [3.8, 4) is 5.75 Å². The minimum Gasteiger partial charge on any atom is -0.508 e. The fourth-order valence-corrected chi connectivity index (χ4v) is 2.90. The maximum Gasteiger partial charge on any atom is 0.272 e. The van der Waals surface area contributed by atoms with Crippen LogP contribution in [0.15, 0.2) is 89.0 Å². The van der Waals surface area contributed by atoms with E-state index in [9.17, 15) is 14.7 Å². The van der Waals surface area contributed by atoms with Crippen LogP contribution >= 0.6 is 15.9 Å². The Bertz CT molecular complexity index is 1030. The fourth-order valence-electron chi connectivity index (χ4n) is 2.49. The van der Waals surface area contributed by atoms with Crippen molar-refractivity contribution in [2.45, 2.75) is 0 Å². The van der Waals surface area contributed by atoms with E-state index < -0.39 is 11.8 Å². The molecule has 0 aliphatic rings. The smallest absolute Gasteiger partial charge is 0.272 e. The molecule has 5 nitrogen and oxygen atoms in total. The number of phenolic OH excluding ortho intramolecular Hbond substituents is 1. The van der Waals surface area contributed by atoms with E-state index in [-0.39, 0.29) is 11.4 Å². The minimum absolute atomic E-state index is 0.0311. The van der Waals surface area contributed by atoms with Crippen molar-refractivity contribution in [2.75, 3.05) is 5.32 Å². The number of amides is 2. The molecule has 2 amide bonds. The molecule has 0 saturated heterocycles. The number of carbonyl (C=O) groups is 2. The van der Waals surface area contributed by atoms with Crippen molar-refractivity contribution in [3.05, 3.63) is 100 Å². The Labute approximate surface area is 170 Å². The van der Waals surface area contributed by atoms with Gasteiger partial charge in [0.2, 0.25) is 0 Å². The summed E-state index contributed by atoms with van der Waals surface area (Å²) in [6.45, 7) is 0. The Balaban J connectivity index is 1.89. The summed E-state index contributed by atoms with van der Waals surface area (Å²) >= 11 is 3.39. The van der Waals surface area contributed by atoms with Crippen molar-refractivity contribution in [1.29, 1.82) is 0 Å². The predicted molar refractivity (Wildman–Crippen MR) is 113 cm³/mol. The second kappa shape index (κ2) is 9.01. The molecule has 0 radical (unpaired) electrons. The number of phenols is 1. The Kier molecular flexibility index (Phi) is 6.24. The molecule has 3 N–H and O–H groups in total. The highest BCUT2D eigenvalue weighted by Crippen LogP contribution is 2.18. The van der Waals surface area contributed by atoms with Crippen LogP contribution < -0.4 is 10.6 Å². The molecule has 140 valence electrons. The number of nitrogens with one attached hydrogen (secondary N) is 2. The molecule has 0 atom stereocenters. The van der Waals surface area contributed by atoms with Gasteiger partial charge < -0.3 is 15.7 Å². The Morgan fingerprint density at radius 3 is 2.36 bits per heavy atom. The van der Waals surface area contributed by atoms with Gasteiger partial charge in [0.1, 0.15) is 11.4 Å². The third kappa shape index (κ3) is 5.31. The largest absolute Gasteiger partial charge is 0.508 e. The van der Waals surface area contributed by atoms with Gasteiger partial charge in [0.15, 0.2) is 0 Å². The van der Waals surface area contributed by atoms with Gasteiger partial charge in [-0.05, 0) is 48.0 Å². The van der Waals surface area contributed by atoms with Gasteiger partial charge in [-0.25, -0.2) is 0 Å². The molecule has 0 bridgehead atoms. The Morgan fingerprint density at radius 2 is 1.64 bits per heavy atom. The van der Waals surface area contributed by atoms with E-state index in [2.05, 4.69) is 26.6 Å². The van der Waals surface area contributed by atoms with E-state index >= 15 is 0 Å². The SMILES string of the molecule is O=C(Nc1cccc(O)c1)C(=Cc1cccc(Br)c1)NC(=O)c1ccccc1. The van der Waals surface area contributed by atoms with Crippen LogP contribution in [0.4, 0.5) is 5.69 Å². The van der Waals surface area contributed by atoms with E-state index in [1.54, 1.807) is 42.5 Å². The van der Waals surface area contributed by atoms with Crippen LogP contribution in [0.5, 0.6) is 5.75 Å². The summed E-state index contributed by atoms with van der Waals surface area (Å²) < 4.78 is 0.850. The number of anilines is 1. The van der Waals surface area contributed by atoms with Crippen LogP contribution in [0.2, 0.25) is 0 Å². The standard InChI is InChI=1S/C22H17BrN2O3/c23-17-9-4-6-15(12-17)13-20(25-21(27)16-7-2-1-3-8-16)22(28)24-18-10-5-11-19(26)14-18/h1-14,26H,(H,24,28)(H,25,27). The van der Waals surface area contributed by atoms with Crippen LogP contribution in [0.1, 0.15) is 15.9 Å². The third-order valence-electron chi connectivity index (χ3n) is 3.79. The van der Waals surface area contributed by atoms with E-state index in [1.165, 1.54) is 12.1 Å². The zero-order valence-corrected chi connectivity index (χ0v) is 16.3. The van der Waals surface area contributed by atoms with Gasteiger partial charge in [-0.3, -0.25) is 9.59 Å². The van der Waals surface area contributed by atoms with Crippen molar-refractivity contribution in [2.24, 2.45) is 0 Å². The maximum absolute atomic E-state index is 12.8. The number of aromatic hydroxyl groups is 1. The van der Waals surface area contributed by atoms with Gasteiger partial charge in [-0.15, -0.1) is 0 Å². The second-order valence-electron chi connectivity index (χ2n) is 5.94. The molecule has 0 spiro atoms. The zero-order valence-electron chi connectivity index (χ0n) is 14.7. The number of halogens is 1. The average molecular weight is 437 g/mol. The molecule has 3 rings (SSSR count). The minimum atomic E-state index is -0.505. The fraction of sp³-hybridized carbons (Fsp3) is 0. The summed E-state index contributed by atoms with van der Waals surface area (Å²) in [4.78, 5) is 25.3. The summed E-state index contributed by atoms with van der Waals surface area (Å²) in [5.74, 6) is -0.869. The van der Waals surface area contributed by atoms with Gasteiger partial charge in [-0.1, -0.05) is 52.3 Å². The maximum atomic E-state index is 12.8. The number of hydrogen-bond donors (Lipinski definition) is 3. The van der Waals surface area contributed by atoms with Crippen LogP contribution in [0.25, 0.3) is 6.08 Å². The summed E-state index contributed by atoms with van der Waals surface area (Å²) in [6.07, 6.45) is 1.59. The lowest BCUT2D eigenvalue weighted by atomic mass is 10.1. The summed E-state index contributed by atoms with van der Waals surface area (Å²) in [6, 6.07) is 22.2. The molecule has 0 aromatic heterocycles. The monoisotopic (exact) mass is 436 g/mol. The second-order valence-corrected chi connectivity index (χ2v) is 6.85. The normalized spacial score (nSPS) is 11.0. The van der Waals surface area contributed by atoms with Crippen molar-refractivity contribution >= 4 is 39.5 Å². The number of hydrogen-bond acceptors (Lipinski definition) is 3. The lowest BCUT2D eigenvalue weighted by Gasteiger charge is -2.12. The third-order valence-corrected chi connectivity index (χ3v) is 4.29.